The van der Waals surface area contributed by atoms with Crippen LogP contribution in [-0.4, -0.2) is 30.0 Å². The van der Waals surface area contributed by atoms with E-state index in [0.717, 1.165) is 11.4 Å². The molecule has 1 atom stereocenters. The first-order valence-corrected chi connectivity index (χ1v) is 9.62. The molecule has 2 aromatic carbocycles. The van der Waals surface area contributed by atoms with E-state index in [1.807, 2.05) is 35.7 Å². The Bertz CT molecular complexity index is 911. The van der Waals surface area contributed by atoms with Gasteiger partial charge < -0.3 is 14.4 Å². The first-order chi connectivity index (χ1) is 13.5. The number of benzene rings is 2. The second-order valence-corrected chi connectivity index (χ2v) is 6.79. The highest BCUT2D eigenvalue weighted by Gasteiger charge is 2.23. The number of ether oxygens (including phenoxy) is 2. The number of amides is 1. The van der Waals surface area contributed by atoms with Crippen LogP contribution in [0.3, 0.4) is 0 Å². The number of nitrogens with zero attached hydrogens (tertiary/aromatic N) is 2. The summed E-state index contributed by atoms with van der Waals surface area (Å²) in [4.78, 5) is 30.4. The number of para-hydroxylation sites is 1. The van der Waals surface area contributed by atoms with Gasteiger partial charge in [-0.2, -0.15) is 0 Å². The third kappa shape index (κ3) is 4.95. The fourth-order valence-corrected chi connectivity index (χ4v) is 3.03. The summed E-state index contributed by atoms with van der Waals surface area (Å²) in [7, 11) is 1.65. The van der Waals surface area contributed by atoms with Crippen molar-refractivity contribution in [2.75, 3.05) is 11.9 Å². The largest absolute Gasteiger partial charge is 0.487 e. The molecule has 1 heterocycles. The van der Waals surface area contributed by atoms with Gasteiger partial charge in [0.15, 0.2) is 6.10 Å². The Labute approximate surface area is 167 Å². The van der Waals surface area contributed by atoms with Crippen LogP contribution in [0.25, 0.3) is 0 Å². The summed E-state index contributed by atoms with van der Waals surface area (Å²) in [6.45, 7) is 1.93. The van der Waals surface area contributed by atoms with Crippen LogP contribution in [0.2, 0.25) is 0 Å². The molecule has 7 heteroatoms. The molecule has 1 amide bonds. The average Bonchev–Trinajstić information content (AvgIpc) is 3.25. The molecule has 1 aromatic heterocycles. The summed E-state index contributed by atoms with van der Waals surface area (Å²) in [5.41, 5.74) is 3.68. The van der Waals surface area contributed by atoms with E-state index in [2.05, 4.69) is 4.98 Å². The van der Waals surface area contributed by atoms with Crippen molar-refractivity contribution in [1.29, 1.82) is 0 Å². The van der Waals surface area contributed by atoms with Gasteiger partial charge in [-0.1, -0.05) is 18.2 Å². The molecule has 3 rings (SSSR count). The van der Waals surface area contributed by atoms with E-state index in [1.165, 1.54) is 16.2 Å². The molecule has 144 valence electrons. The third-order valence-electron chi connectivity index (χ3n) is 4.07. The van der Waals surface area contributed by atoms with E-state index in [1.54, 1.807) is 43.7 Å². The molecule has 6 nitrogen and oxygen atoms in total. The highest BCUT2D eigenvalue weighted by Crippen LogP contribution is 2.17. The first kappa shape index (κ1) is 19.6. The molecular weight excluding hydrogens is 376 g/mol. The minimum atomic E-state index is -0.904. The van der Waals surface area contributed by atoms with Gasteiger partial charge in [0.2, 0.25) is 0 Å². The Morgan fingerprint density at radius 1 is 1.11 bits per heavy atom. The van der Waals surface area contributed by atoms with Crippen LogP contribution in [-0.2, 0) is 16.1 Å². The zero-order valence-corrected chi connectivity index (χ0v) is 16.4. The van der Waals surface area contributed by atoms with Gasteiger partial charge in [-0.25, -0.2) is 9.78 Å². The lowest BCUT2D eigenvalue weighted by Gasteiger charge is -2.21. The van der Waals surface area contributed by atoms with Crippen molar-refractivity contribution in [3.63, 3.8) is 0 Å². The van der Waals surface area contributed by atoms with Crippen LogP contribution < -0.4 is 9.64 Å². The number of carbonyl (C=O) groups excluding carboxylic acids is 2. The van der Waals surface area contributed by atoms with Crippen molar-refractivity contribution in [2.45, 2.75) is 19.6 Å². The van der Waals surface area contributed by atoms with E-state index in [-0.39, 0.29) is 5.91 Å². The molecule has 0 aliphatic heterocycles. The van der Waals surface area contributed by atoms with Crippen molar-refractivity contribution < 1.29 is 19.1 Å². The van der Waals surface area contributed by atoms with Gasteiger partial charge >= 0.3 is 5.97 Å². The van der Waals surface area contributed by atoms with Crippen LogP contribution in [0.1, 0.15) is 23.0 Å². The quantitative estimate of drug-likeness (QED) is 0.566. The molecule has 0 N–H and O–H groups in total. The Balaban J connectivity index is 1.55. The Morgan fingerprint density at radius 2 is 1.82 bits per heavy atom. The van der Waals surface area contributed by atoms with Crippen molar-refractivity contribution >= 4 is 28.9 Å². The minimum Gasteiger partial charge on any atom is -0.487 e. The summed E-state index contributed by atoms with van der Waals surface area (Å²) in [6.07, 6.45) is -0.904. The molecule has 0 aliphatic carbocycles. The second kappa shape index (κ2) is 9.14. The van der Waals surface area contributed by atoms with E-state index in [4.69, 9.17) is 9.47 Å². The van der Waals surface area contributed by atoms with Crippen LogP contribution >= 0.6 is 11.3 Å². The molecule has 0 aliphatic rings. The maximum atomic E-state index is 12.5. The monoisotopic (exact) mass is 396 g/mol. The van der Waals surface area contributed by atoms with Crippen LogP contribution in [0.15, 0.2) is 65.5 Å². The number of likely N-dealkylation sites (N-methyl/N-ethyl adjacent to an activating group) is 1. The van der Waals surface area contributed by atoms with Crippen LogP contribution in [0.5, 0.6) is 5.75 Å². The van der Waals surface area contributed by atoms with Gasteiger partial charge in [0.1, 0.15) is 12.4 Å². The van der Waals surface area contributed by atoms with Crippen LogP contribution in [0.4, 0.5) is 5.69 Å². The lowest BCUT2D eigenvalue weighted by Crippen LogP contribution is -2.37. The molecule has 0 saturated heterocycles. The summed E-state index contributed by atoms with van der Waals surface area (Å²) in [5.74, 6) is -0.242. The standard InChI is InChI=1S/C21H20N2O4S/c1-15(20(24)23(2)18-6-4-3-5-7-18)27-21(25)16-8-10-19(11-9-16)26-12-17-13-28-14-22-17/h3-11,13-15H,12H2,1-2H3. The predicted molar refractivity (Wildman–Crippen MR) is 108 cm³/mol. The maximum Gasteiger partial charge on any atom is 0.338 e. The normalized spacial score (nSPS) is 11.5. The lowest BCUT2D eigenvalue weighted by atomic mass is 10.2. The van der Waals surface area contributed by atoms with Gasteiger partial charge in [-0.05, 0) is 43.3 Å². The molecule has 0 bridgehead atoms. The highest BCUT2D eigenvalue weighted by molar-refractivity contribution is 7.07. The molecular formula is C21H20N2O4S. The van der Waals surface area contributed by atoms with E-state index in [9.17, 15) is 9.59 Å². The molecule has 3 aromatic rings. The number of hydrogen-bond donors (Lipinski definition) is 0. The number of rotatable bonds is 7. The summed E-state index contributed by atoms with van der Waals surface area (Å²) in [6, 6.07) is 15.8. The Hall–Kier alpha value is -3.19. The number of esters is 1. The summed E-state index contributed by atoms with van der Waals surface area (Å²) in [5, 5.41) is 1.91. The van der Waals surface area contributed by atoms with Gasteiger partial charge in [-0.15, -0.1) is 11.3 Å². The van der Waals surface area contributed by atoms with Crippen molar-refractivity contribution in [2.24, 2.45) is 0 Å². The first-order valence-electron chi connectivity index (χ1n) is 8.68. The zero-order valence-electron chi connectivity index (χ0n) is 15.6. The Kier molecular flexibility index (Phi) is 6.39. The molecule has 0 spiro atoms. The topological polar surface area (TPSA) is 68.7 Å². The van der Waals surface area contributed by atoms with Crippen molar-refractivity contribution in [1.82, 2.24) is 4.98 Å². The third-order valence-corrected chi connectivity index (χ3v) is 4.70. The SMILES string of the molecule is CC(OC(=O)c1ccc(OCc2cscn2)cc1)C(=O)N(C)c1ccccc1. The van der Waals surface area contributed by atoms with Crippen molar-refractivity contribution in [3.8, 4) is 5.75 Å². The maximum absolute atomic E-state index is 12.5. The summed E-state index contributed by atoms with van der Waals surface area (Å²) >= 11 is 1.51. The molecule has 1 unspecified atom stereocenters. The number of hydrogen-bond acceptors (Lipinski definition) is 6. The molecule has 0 fully saturated rings. The van der Waals surface area contributed by atoms with E-state index >= 15 is 0 Å². The molecule has 0 saturated carbocycles. The minimum absolute atomic E-state index is 0.303. The molecule has 0 radical (unpaired) electrons. The number of carbonyl (C=O) groups is 2. The van der Waals surface area contributed by atoms with E-state index in [0.29, 0.717) is 17.9 Å². The number of anilines is 1. The number of thiazole rings is 1. The van der Waals surface area contributed by atoms with Crippen molar-refractivity contribution in [3.05, 3.63) is 76.7 Å². The van der Waals surface area contributed by atoms with Gasteiger partial charge in [-0.3, -0.25) is 4.79 Å². The van der Waals surface area contributed by atoms with Crippen LogP contribution in [0, 0.1) is 0 Å². The molecule has 28 heavy (non-hydrogen) atoms. The van der Waals surface area contributed by atoms with Gasteiger partial charge in [0.25, 0.3) is 5.91 Å². The Morgan fingerprint density at radius 3 is 2.46 bits per heavy atom. The fourth-order valence-electron chi connectivity index (χ4n) is 2.48. The zero-order chi connectivity index (χ0) is 19.9. The second-order valence-electron chi connectivity index (χ2n) is 6.07. The lowest BCUT2D eigenvalue weighted by molar-refractivity contribution is -0.126. The summed E-state index contributed by atoms with van der Waals surface area (Å²) < 4.78 is 10.9. The number of aromatic nitrogens is 1. The van der Waals surface area contributed by atoms with Gasteiger partial charge in [0, 0.05) is 18.1 Å². The smallest absolute Gasteiger partial charge is 0.338 e. The fraction of sp³-hybridized carbons (Fsp3) is 0.190. The van der Waals surface area contributed by atoms with E-state index < -0.39 is 12.1 Å². The predicted octanol–water partition coefficient (Wildman–Crippen LogP) is 3.93. The average molecular weight is 396 g/mol. The highest BCUT2D eigenvalue weighted by atomic mass is 32.1. The van der Waals surface area contributed by atoms with Gasteiger partial charge in [0.05, 0.1) is 16.8 Å².